The molecule has 2 aromatic rings. The molecule has 0 radical (unpaired) electrons. The molecular formula is C18H20N2O4S. The smallest absolute Gasteiger partial charge is 0.265 e. The van der Waals surface area contributed by atoms with Crippen molar-refractivity contribution in [3.63, 3.8) is 0 Å². The lowest BCUT2D eigenvalue weighted by Gasteiger charge is -2.25. The number of carbonyl (C=O) groups is 1. The molecule has 2 N–H and O–H groups in total. The first-order chi connectivity index (χ1) is 11.9. The Hall–Kier alpha value is -2.38. The highest BCUT2D eigenvalue weighted by atomic mass is 32.2. The van der Waals surface area contributed by atoms with Crippen LogP contribution in [0.25, 0.3) is 0 Å². The molecule has 7 heteroatoms. The Kier molecular flexibility index (Phi) is 5.06. The highest BCUT2D eigenvalue weighted by molar-refractivity contribution is 7.88. The van der Waals surface area contributed by atoms with E-state index in [2.05, 4.69) is 10.0 Å². The Bertz CT molecular complexity index is 863. The summed E-state index contributed by atoms with van der Waals surface area (Å²) in [5, 5.41) is 2.76. The van der Waals surface area contributed by atoms with Crippen LogP contribution in [0.15, 0.2) is 48.5 Å². The second kappa shape index (κ2) is 7.25. The number of fused-ring (bicyclic) bond motifs is 1. The molecular weight excluding hydrogens is 340 g/mol. The Labute approximate surface area is 147 Å². The van der Waals surface area contributed by atoms with Gasteiger partial charge in [0.05, 0.1) is 11.4 Å². The lowest BCUT2D eigenvalue weighted by molar-refractivity contribution is -0.123. The van der Waals surface area contributed by atoms with Gasteiger partial charge in [0.1, 0.15) is 5.75 Å². The van der Waals surface area contributed by atoms with Crippen molar-refractivity contribution in [1.29, 1.82) is 0 Å². The van der Waals surface area contributed by atoms with Crippen molar-refractivity contribution >= 4 is 21.6 Å². The summed E-state index contributed by atoms with van der Waals surface area (Å²) in [5.41, 5.74) is 2.43. The van der Waals surface area contributed by atoms with E-state index in [-0.39, 0.29) is 24.6 Å². The molecule has 1 unspecified atom stereocenters. The van der Waals surface area contributed by atoms with Crippen LogP contribution in [0.1, 0.15) is 17.5 Å². The van der Waals surface area contributed by atoms with Gasteiger partial charge >= 0.3 is 0 Å². The van der Waals surface area contributed by atoms with Crippen molar-refractivity contribution in [3.8, 4) is 5.75 Å². The third-order valence-electron chi connectivity index (χ3n) is 3.91. The third kappa shape index (κ3) is 4.58. The largest absolute Gasteiger partial charge is 0.478 e. The van der Waals surface area contributed by atoms with Gasteiger partial charge in [0.25, 0.3) is 5.91 Å². The second-order valence-corrected chi connectivity index (χ2v) is 7.83. The molecule has 2 aromatic carbocycles. The number of anilines is 1. The zero-order valence-electron chi connectivity index (χ0n) is 13.9. The van der Waals surface area contributed by atoms with Crippen LogP contribution in [0.3, 0.4) is 0 Å². The summed E-state index contributed by atoms with van der Waals surface area (Å²) in [4.78, 5) is 12.0. The van der Waals surface area contributed by atoms with E-state index in [9.17, 15) is 13.2 Å². The van der Waals surface area contributed by atoms with E-state index in [1.165, 1.54) is 0 Å². The van der Waals surface area contributed by atoms with Crippen LogP contribution < -0.4 is 14.8 Å². The molecule has 3 rings (SSSR count). The van der Waals surface area contributed by atoms with E-state index in [0.29, 0.717) is 11.4 Å². The average molecular weight is 360 g/mol. The summed E-state index contributed by atoms with van der Waals surface area (Å²) in [6, 6.07) is 14.5. The predicted octanol–water partition coefficient (Wildman–Crippen LogP) is 2.20. The number of para-hydroxylation sites is 2. The van der Waals surface area contributed by atoms with Gasteiger partial charge in [-0.25, -0.2) is 13.1 Å². The Morgan fingerprint density at radius 3 is 2.60 bits per heavy atom. The number of hydrogen-bond donors (Lipinski definition) is 2. The molecule has 1 atom stereocenters. The van der Waals surface area contributed by atoms with Crippen LogP contribution in [-0.4, -0.2) is 27.0 Å². The Morgan fingerprint density at radius 1 is 1.12 bits per heavy atom. The van der Waals surface area contributed by atoms with Gasteiger partial charge in [-0.2, -0.15) is 0 Å². The summed E-state index contributed by atoms with van der Waals surface area (Å²) < 4.78 is 32.5. The maximum Gasteiger partial charge on any atom is 0.265 e. The maximum atomic E-state index is 12.2. The van der Waals surface area contributed by atoms with Crippen molar-refractivity contribution in [2.45, 2.75) is 25.2 Å². The normalized spacial score (nSPS) is 16.7. The summed E-state index contributed by atoms with van der Waals surface area (Å²) >= 11 is 0. The van der Waals surface area contributed by atoms with Crippen molar-refractivity contribution in [1.82, 2.24) is 4.72 Å². The fraction of sp³-hybridized carbons (Fsp3) is 0.278. The third-order valence-corrected chi connectivity index (χ3v) is 5.27. The van der Waals surface area contributed by atoms with Crippen molar-refractivity contribution < 1.29 is 17.9 Å². The fourth-order valence-electron chi connectivity index (χ4n) is 2.58. The van der Waals surface area contributed by atoms with E-state index >= 15 is 0 Å². The lowest BCUT2D eigenvalue weighted by Crippen LogP contribution is -2.39. The summed E-state index contributed by atoms with van der Waals surface area (Å²) in [7, 11) is -3.46. The zero-order chi connectivity index (χ0) is 17.9. The first-order valence-electron chi connectivity index (χ1n) is 8.02. The van der Waals surface area contributed by atoms with Crippen LogP contribution in [0.5, 0.6) is 5.75 Å². The Morgan fingerprint density at radius 2 is 1.84 bits per heavy atom. The van der Waals surface area contributed by atoms with E-state index in [1.54, 1.807) is 24.3 Å². The van der Waals surface area contributed by atoms with Crippen LogP contribution in [-0.2, 0) is 20.6 Å². The van der Waals surface area contributed by atoms with E-state index < -0.39 is 16.1 Å². The molecule has 1 heterocycles. The number of nitrogens with one attached hydrogen (secondary N) is 2. The van der Waals surface area contributed by atoms with Gasteiger partial charge in [0.2, 0.25) is 10.0 Å². The van der Waals surface area contributed by atoms with Gasteiger partial charge in [-0.15, -0.1) is 0 Å². The number of sulfonamides is 1. The van der Waals surface area contributed by atoms with Gasteiger partial charge in [0, 0.05) is 13.0 Å². The molecule has 0 saturated heterocycles. The minimum absolute atomic E-state index is 0.0895. The number of amides is 1. The average Bonchev–Trinajstić information content (AvgIpc) is 2.57. The number of benzene rings is 2. The number of ether oxygens (including phenoxy) is 1. The van der Waals surface area contributed by atoms with Gasteiger partial charge in [-0.3, -0.25) is 4.79 Å². The molecule has 0 aromatic heterocycles. The van der Waals surface area contributed by atoms with Gasteiger partial charge < -0.3 is 10.1 Å². The van der Waals surface area contributed by atoms with Crippen LogP contribution in [0.4, 0.5) is 5.69 Å². The molecule has 1 amide bonds. The summed E-state index contributed by atoms with van der Waals surface area (Å²) in [6.07, 6.45) is -0.454. The monoisotopic (exact) mass is 360 g/mol. The zero-order valence-corrected chi connectivity index (χ0v) is 14.7. The predicted molar refractivity (Wildman–Crippen MR) is 95.9 cm³/mol. The molecule has 1 aliphatic rings. The molecule has 25 heavy (non-hydrogen) atoms. The first-order valence-corrected chi connectivity index (χ1v) is 9.68. The maximum absolute atomic E-state index is 12.2. The summed E-state index contributed by atoms with van der Waals surface area (Å²) in [5.74, 6) is 0.236. The molecule has 0 spiro atoms. The lowest BCUT2D eigenvalue weighted by atomic mass is 10.2. The van der Waals surface area contributed by atoms with Gasteiger partial charge in [-0.1, -0.05) is 42.0 Å². The fourth-order valence-corrected chi connectivity index (χ4v) is 3.75. The highest BCUT2D eigenvalue weighted by Gasteiger charge is 2.27. The van der Waals surface area contributed by atoms with Crippen molar-refractivity contribution in [2.24, 2.45) is 0 Å². The molecule has 0 fully saturated rings. The minimum Gasteiger partial charge on any atom is -0.478 e. The molecule has 1 aliphatic heterocycles. The van der Waals surface area contributed by atoms with Gasteiger partial charge in [0.15, 0.2) is 6.10 Å². The molecule has 0 aliphatic carbocycles. The Balaban J connectivity index is 1.53. The second-order valence-electron chi connectivity index (χ2n) is 6.02. The molecule has 132 valence electrons. The number of rotatable bonds is 6. The highest BCUT2D eigenvalue weighted by Crippen LogP contribution is 2.29. The summed E-state index contributed by atoms with van der Waals surface area (Å²) in [6.45, 7) is 2.08. The first kappa shape index (κ1) is 17.4. The van der Waals surface area contributed by atoms with Gasteiger partial charge in [-0.05, 0) is 24.6 Å². The SMILES string of the molecule is Cc1ccc(CS(=O)(=O)NCCC2Oc3ccccc3NC2=O)cc1. The standard InChI is InChI=1S/C18H20N2O4S/c1-13-6-8-14(9-7-13)12-25(22,23)19-11-10-17-18(21)20-15-4-2-3-5-16(15)24-17/h2-9,17,19H,10-12H2,1H3,(H,20,21). The van der Waals surface area contributed by atoms with E-state index in [4.69, 9.17) is 4.74 Å². The van der Waals surface area contributed by atoms with Crippen LogP contribution in [0.2, 0.25) is 0 Å². The van der Waals surface area contributed by atoms with Crippen LogP contribution in [0, 0.1) is 6.92 Å². The van der Waals surface area contributed by atoms with E-state index in [0.717, 1.165) is 11.1 Å². The molecule has 0 bridgehead atoms. The van der Waals surface area contributed by atoms with Crippen molar-refractivity contribution in [3.05, 3.63) is 59.7 Å². The molecule has 0 saturated carbocycles. The van der Waals surface area contributed by atoms with Crippen molar-refractivity contribution in [2.75, 3.05) is 11.9 Å². The number of aryl methyl sites for hydroxylation is 1. The number of carbonyl (C=O) groups excluding carboxylic acids is 1. The van der Waals surface area contributed by atoms with E-state index in [1.807, 2.05) is 31.2 Å². The minimum atomic E-state index is -3.46. The van der Waals surface area contributed by atoms with Crippen LogP contribution >= 0.6 is 0 Å². The quantitative estimate of drug-likeness (QED) is 0.827. The topological polar surface area (TPSA) is 84.5 Å². The molecule has 6 nitrogen and oxygen atoms in total. The number of hydrogen-bond acceptors (Lipinski definition) is 4.